The summed E-state index contributed by atoms with van der Waals surface area (Å²) < 4.78 is 8.14. The first-order valence-electron chi connectivity index (χ1n) is 6.22. The molecule has 2 unspecified atom stereocenters. The highest BCUT2D eigenvalue weighted by atomic mass is 16.5. The van der Waals surface area contributed by atoms with Crippen LogP contribution >= 0.6 is 0 Å². The van der Waals surface area contributed by atoms with Crippen LogP contribution in [0.3, 0.4) is 0 Å². The summed E-state index contributed by atoms with van der Waals surface area (Å²) >= 11 is 0. The highest BCUT2D eigenvalue weighted by Crippen LogP contribution is 2.35. The molecule has 1 aromatic rings. The van der Waals surface area contributed by atoms with Crippen molar-refractivity contribution in [2.75, 3.05) is 0 Å². The predicted octanol–water partition coefficient (Wildman–Crippen LogP) is 1.61. The molecule has 88 valence electrons. The minimum absolute atomic E-state index is 0.234. The molecule has 16 heavy (non-hydrogen) atoms. The maximum absolute atomic E-state index is 5.98. The lowest BCUT2D eigenvalue weighted by Gasteiger charge is -2.16. The van der Waals surface area contributed by atoms with E-state index < -0.39 is 0 Å². The zero-order chi connectivity index (χ0) is 11.0. The first-order valence-corrected chi connectivity index (χ1v) is 6.22. The van der Waals surface area contributed by atoms with Crippen molar-refractivity contribution >= 4 is 0 Å². The largest absolute Gasteiger partial charge is 0.370 e. The van der Waals surface area contributed by atoms with Gasteiger partial charge in [0.1, 0.15) is 0 Å². The van der Waals surface area contributed by atoms with E-state index in [9.17, 15) is 0 Å². The zero-order valence-corrected chi connectivity index (χ0v) is 9.51. The highest BCUT2D eigenvalue weighted by Gasteiger charge is 2.27. The second-order valence-corrected chi connectivity index (χ2v) is 4.97. The van der Waals surface area contributed by atoms with Gasteiger partial charge >= 0.3 is 0 Å². The summed E-state index contributed by atoms with van der Waals surface area (Å²) in [5, 5.41) is 0. The summed E-state index contributed by atoms with van der Waals surface area (Å²) in [4.78, 5) is 4.20. The average molecular weight is 221 g/mol. The van der Waals surface area contributed by atoms with E-state index in [1.165, 1.54) is 25.0 Å². The molecule has 1 aromatic heterocycles. The molecule has 0 saturated heterocycles. The van der Waals surface area contributed by atoms with Crippen LogP contribution in [0.2, 0.25) is 0 Å². The Labute approximate surface area is 95.8 Å². The highest BCUT2D eigenvalue weighted by molar-refractivity contribution is 5.02. The summed E-state index contributed by atoms with van der Waals surface area (Å²) in [6, 6.07) is 0.913. The Bertz CT molecular complexity index is 359. The van der Waals surface area contributed by atoms with Crippen LogP contribution in [-0.2, 0) is 11.3 Å². The molecule has 0 amide bonds. The number of nitrogens with two attached hydrogens (primary N) is 1. The SMILES string of the molecule is NC1CCCC1OCc1cncn1C1CC1. The van der Waals surface area contributed by atoms with E-state index in [1.807, 2.05) is 12.5 Å². The third-order valence-corrected chi connectivity index (χ3v) is 3.64. The van der Waals surface area contributed by atoms with Crippen LogP contribution < -0.4 is 5.73 Å². The van der Waals surface area contributed by atoms with Crippen molar-refractivity contribution in [2.24, 2.45) is 5.73 Å². The first-order chi connectivity index (χ1) is 7.84. The van der Waals surface area contributed by atoms with Crippen molar-refractivity contribution in [3.05, 3.63) is 18.2 Å². The third-order valence-electron chi connectivity index (χ3n) is 3.64. The Hall–Kier alpha value is -0.870. The average Bonchev–Trinajstić information content (AvgIpc) is 2.88. The molecule has 2 aliphatic carbocycles. The van der Waals surface area contributed by atoms with Gasteiger partial charge in [-0.15, -0.1) is 0 Å². The topological polar surface area (TPSA) is 53.1 Å². The molecule has 0 aromatic carbocycles. The number of ether oxygens (including phenoxy) is 1. The molecule has 2 atom stereocenters. The summed E-state index contributed by atoms with van der Waals surface area (Å²) in [6.07, 6.45) is 10.1. The third kappa shape index (κ3) is 1.99. The second-order valence-electron chi connectivity index (χ2n) is 4.97. The van der Waals surface area contributed by atoms with E-state index in [1.54, 1.807) is 0 Å². The van der Waals surface area contributed by atoms with Gasteiger partial charge in [0.15, 0.2) is 0 Å². The fourth-order valence-corrected chi connectivity index (χ4v) is 2.48. The van der Waals surface area contributed by atoms with Gasteiger partial charge in [0, 0.05) is 12.1 Å². The molecule has 1 heterocycles. The molecule has 2 fully saturated rings. The number of aromatic nitrogens is 2. The number of nitrogens with zero attached hydrogens (tertiary/aromatic N) is 2. The van der Waals surface area contributed by atoms with Crippen LogP contribution in [0.25, 0.3) is 0 Å². The molecule has 4 heteroatoms. The quantitative estimate of drug-likeness (QED) is 0.840. The molecule has 3 rings (SSSR count). The smallest absolute Gasteiger partial charge is 0.0951 e. The predicted molar refractivity (Wildman–Crippen MR) is 60.9 cm³/mol. The van der Waals surface area contributed by atoms with Gasteiger partial charge in [-0.3, -0.25) is 0 Å². The van der Waals surface area contributed by atoms with E-state index in [-0.39, 0.29) is 12.1 Å². The van der Waals surface area contributed by atoms with Gasteiger partial charge in [-0.2, -0.15) is 0 Å². The molecule has 4 nitrogen and oxygen atoms in total. The molecular formula is C12H19N3O. The second kappa shape index (κ2) is 4.18. The number of hydrogen-bond acceptors (Lipinski definition) is 3. The summed E-state index contributed by atoms with van der Waals surface area (Å²) in [5.74, 6) is 0. The van der Waals surface area contributed by atoms with Crippen LogP contribution in [0.5, 0.6) is 0 Å². The Balaban J connectivity index is 1.59. The van der Waals surface area contributed by atoms with E-state index in [2.05, 4.69) is 9.55 Å². The van der Waals surface area contributed by atoms with E-state index >= 15 is 0 Å². The molecule has 2 N–H and O–H groups in total. The first kappa shape index (κ1) is 10.3. The Morgan fingerprint density at radius 1 is 1.38 bits per heavy atom. The van der Waals surface area contributed by atoms with Crippen molar-refractivity contribution in [2.45, 2.75) is 56.9 Å². The van der Waals surface area contributed by atoms with Gasteiger partial charge < -0.3 is 15.0 Å². The minimum atomic E-state index is 0.234. The van der Waals surface area contributed by atoms with Crippen LogP contribution in [-0.4, -0.2) is 21.7 Å². The monoisotopic (exact) mass is 221 g/mol. The fourth-order valence-electron chi connectivity index (χ4n) is 2.48. The van der Waals surface area contributed by atoms with Crippen molar-refractivity contribution in [3.63, 3.8) is 0 Å². The molecule has 2 aliphatic rings. The van der Waals surface area contributed by atoms with Crippen molar-refractivity contribution < 1.29 is 4.74 Å². The van der Waals surface area contributed by atoms with Crippen molar-refractivity contribution in [3.8, 4) is 0 Å². The molecule has 2 saturated carbocycles. The lowest BCUT2D eigenvalue weighted by molar-refractivity contribution is 0.0323. The molecule has 0 radical (unpaired) electrons. The van der Waals surface area contributed by atoms with Gasteiger partial charge in [0.05, 0.1) is 30.9 Å². The summed E-state index contributed by atoms with van der Waals surface area (Å²) in [6.45, 7) is 0.662. The van der Waals surface area contributed by atoms with Gasteiger partial charge in [0.25, 0.3) is 0 Å². The lowest BCUT2D eigenvalue weighted by Crippen LogP contribution is -2.31. The molecule has 0 bridgehead atoms. The maximum atomic E-state index is 5.98. The standard InChI is InChI=1S/C12H19N3O/c13-11-2-1-3-12(11)16-7-10-6-14-8-15(10)9-4-5-9/h6,8-9,11-12H,1-5,7,13H2. The number of rotatable bonds is 4. The van der Waals surface area contributed by atoms with Gasteiger partial charge in [-0.05, 0) is 32.1 Å². The number of hydrogen-bond donors (Lipinski definition) is 1. The van der Waals surface area contributed by atoms with Gasteiger partial charge in [0.2, 0.25) is 0 Å². The number of imidazole rings is 1. The van der Waals surface area contributed by atoms with Crippen LogP contribution in [0.15, 0.2) is 12.5 Å². The fraction of sp³-hybridized carbons (Fsp3) is 0.750. The van der Waals surface area contributed by atoms with Crippen molar-refractivity contribution in [1.29, 1.82) is 0 Å². The summed E-state index contributed by atoms with van der Waals surface area (Å²) in [5.41, 5.74) is 7.18. The van der Waals surface area contributed by atoms with Crippen LogP contribution in [0.4, 0.5) is 0 Å². The summed E-state index contributed by atoms with van der Waals surface area (Å²) in [7, 11) is 0. The molecule has 0 spiro atoms. The van der Waals surface area contributed by atoms with Crippen molar-refractivity contribution in [1.82, 2.24) is 9.55 Å². The van der Waals surface area contributed by atoms with Crippen LogP contribution in [0.1, 0.15) is 43.8 Å². The van der Waals surface area contributed by atoms with Crippen LogP contribution in [0, 0.1) is 0 Å². The van der Waals surface area contributed by atoms with E-state index in [0.29, 0.717) is 12.6 Å². The lowest BCUT2D eigenvalue weighted by atomic mass is 10.2. The van der Waals surface area contributed by atoms with E-state index in [0.717, 1.165) is 12.8 Å². The normalized spacial score (nSPS) is 29.8. The molecule has 0 aliphatic heterocycles. The Kier molecular flexibility index (Phi) is 2.69. The maximum Gasteiger partial charge on any atom is 0.0951 e. The Morgan fingerprint density at radius 2 is 2.25 bits per heavy atom. The zero-order valence-electron chi connectivity index (χ0n) is 9.51. The van der Waals surface area contributed by atoms with Gasteiger partial charge in [-0.1, -0.05) is 0 Å². The Morgan fingerprint density at radius 3 is 2.94 bits per heavy atom. The molecular weight excluding hydrogens is 202 g/mol. The van der Waals surface area contributed by atoms with E-state index in [4.69, 9.17) is 10.5 Å². The minimum Gasteiger partial charge on any atom is -0.370 e. The van der Waals surface area contributed by atoms with Gasteiger partial charge in [-0.25, -0.2) is 4.98 Å².